The van der Waals surface area contributed by atoms with Crippen molar-refractivity contribution in [1.82, 2.24) is 4.90 Å². The van der Waals surface area contributed by atoms with E-state index in [-0.39, 0.29) is 0 Å². The number of halogens is 1. The molecule has 0 aliphatic carbocycles. The van der Waals surface area contributed by atoms with Crippen molar-refractivity contribution in [2.24, 2.45) is 16.8 Å². The molecule has 0 radical (unpaired) electrons. The molecule has 0 aliphatic rings. The summed E-state index contributed by atoms with van der Waals surface area (Å²) < 4.78 is 4.25. The number of allylic oxidation sites excluding steroid dienone is 1. The van der Waals surface area contributed by atoms with Crippen LogP contribution in [0.1, 0.15) is 72.4 Å². The van der Waals surface area contributed by atoms with Crippen molar-refractivity contribution in [2.45, 2.75) is 68.2 Å². The molecule has 0 heterocycles. The van der Waals surface area contributed by atoms with Gasteiger partial charge in [0.15, 0.2) is 0 Å². The molecule has 0 bridgehead atoms. The molecule has 0 unspecified atom stereocenters. The van der Waals surface area contributed by atoms with Gasteiger partial charge in [0.05, 0.1) is 5.70 Å². The molecule has 4 heteroatoms. The summed E-state index contributed by atoms with van der Waals surface area (Å²) in [4.78, 5) is 7.51. The summed E-state index contributed by atoms with van der Waals surface area (Å²) in [5.74, 6) is 2.31. The summed E-state index contributed by atoms with van der Waals surface area (Å²) in [6.07, 6.45) is 2.16. The lowest BCUT2D eigenvalue weighted by atomic mass is 9.99. The molecule has 1 aromatic rings. The first-order valence-corrected chi connectivity index (χ1v) is 11.1. The Balaban J connectivity index is 0.00000245. The number of aryl methyl sites for hydroxylation is 1. The Morgan fingerprint density at radius 3 is 2.14 bits per heavy atom. The van der Waals surface area contributed by atoms with Crippen LogP contribution in [0.2, 0.25) is 5.02 Å². The van der Waals surface area contributed by atoms with Gasteiger partial charge in [-0.25, -0.2) is 4.99 Å². The van der Waals surface area contributed by atoms with E-state index in [4.69, 9.17) is 16.6 Å². The smallest absolute Gasteiger partial charge is 0.102 e. The SMILES string of the molecule is CCCN(CC(C)C)C(C)=N/C(=C(\C)CC(C)C)c1ccc(C)c(Cl)c1.COC. The van der Waals surface area contributed by atoms with E-state index in [9.17, 15) is 0 Å². The van der Waals surface area contributed by atoms with Gasteiger partial charge in [0.2, 0.25) is 0 Å². The fourth-order valence-electron chi connectivity index (χ4n) is 3.18. The number of hydrogen-bond acceptors (Lipinski definition) is 2. The van der Waals surface area contributed by atoms with Gasteiger partial charge in [-0.2, -0.15) is 0 Å². The largest absolute Gasteiger partial charge is 0.388 e. The van der Waals surface area contributed by atoms with Crippen LogP contribution in [0, 0.1) is 18.8 Å². The molecule has 0 aromatic heterocycles. The minimum absolute atomic E-state index is 0.601. The van der Waals surface area contributed by atoms with Crippen LogP contribution in [0.5, 0.6) is 0 Å². The predicted molar refractivity (Wildman–Crippen MR) is 131 cm³/mol. The van der Waals surface area contributed by atoms with Crippen LogP contribution in [0.3, 0.4) is 0 Å². The number of rotatable bonds is 8. The maximum atomic E-state index is 6.40. The Morgan fingerprint density at radius 1 is 1.10 bits per heavy atom. The molecule has 0 N–H and O–H groups in total. The number of ether oxygens (including phenoxy) is 1. The fraction of sp³-hybridized carbons (Fsp3) is 0.640. The number of aliphatic imine (C=N–C) groups is 1. The van der Waals surface area contributed by atoms with Gasteiger partial charge in [-0.05, 0) is 62.7 Å². The van der Waals surface area contributed by atoms with Crippen LogP contribution >= 0.6 is 11.6 Å². The zero-order valence-electron chi connectivity index (χ0n) is 20.4. The molecule has 0 fully saturated rings. The second-order valence-electron chi connectivity index (χ2n) is 8.60. The third kappa shape index (κ3) is 10.9. The van der Waals surface area contributed by atoms with Crippen LogP contribution in [0.25, 0.3) is 5.70 Å². The van der Waals surface area contributed by atoms with Crippen molar-refractivity contribution in [3.8, 4) is 0 Å². The first-order valence-electron chi connectivity index (χ1n) is 10.7. The molecular formula is C25H43ClN2O. The molecule has 1 aromatic carbocycles. The molecule has 1 rings (SSSR count). The average Bonchev–Trinajstić information content (AvgIpc) is 2.61. The number of nitrogens with zero attached hydrogens (tertiary/aromatic N) is 2. The lowest BCUT2D eigenvalue weighted by molar-refractivity contribution is 0.277. The monoisotopic (exact) mass is 422 g/mol. The van der Waals surface area contributed by atoms with Crippen molar-refractivity contribution in [2.75, 3.05) is 27.3 Å². The van der Waals surface area contributed by atoms with Gasteiger partial charge in [0.1, 0.15) is 5.84 Å². The van der Waals surface area contributed by atoms with Gasteiger partial charge in [0.25, 0.3) is 0 Å². The van der Waals surface area contributed by atoms with E-state index in [1.807, 2.05) is 6.92 Å². The summed E-state index contributed by atoms with van der Waals surface area (Å²) in [7, 11) is 3.25. The summed E-state index contributed by atoms with van der Waals surface area (Å²) in [5, 5.41) is 0.804. The third-order valence-electron chi connectivity index (χ3n) is 4.37. The highest BCUT2D eigenvalue weighted by Gasteiger charge is 2.13. The second kappa shape index (κ2) is 14.6. The summed E-state index contributed by atoms with van der Waals surface area (Å²) in [6.45, 7) is 19.7. The van der Waals surface area contributed by atoms with Gasteiger partial charge in [0, 0.05) is 37.9 Å². The van der Waals surface area contributed by atoms with Crippen LogP contribution in [0.4, 0.5) is 0 Å². The van der Waals surface area contributed by atoms with E-state index in [0.717, 1.165) is 53.6 Å². The molecule has 3 nitrogen and oxygen atoms in total. The van der Waals surface area contributed by atoms with Gasteiger partial charge < -0.3 is 9.64 Å². The first kappa shape index (κ1) is 27.7. The highest BCUT2D eigenvalue weighted by Crippen LogP contribution is 2.28. The van der Waals surface area contributed by atoms with E-state index < -0.39 is 0 Å². The molecule has 0 amide bonds. The van der Waals surface area contributed by atoms with Crippen LogP contribution in [-0.2, 0) is 4.74 Å². The maximum absolute atomic E-state index is 6.40. The third-order valence-corrected chi connectivity index (χ3v) is 4.78. The topological polar surface area (TPSA) is 24.8 Å². The maximum Gasteiger partial charge on any atom is 0.102 e. The number of benzene rings is 1. The molecule has 0 spiro atoms. The molecule has 0 saturated carbocycles. The zero-order valence-corrected chi connectivity index (χ0v) is 21.2. The summed E-state index contributed by atoms with van der Waals surface area (Å²) in [6, 6.07) is 6.28. The Labute approximate surface area is 185 Å². The van der Waals surface area contributed by atoms with Crippen molar-refractivity contribution in [3.05, 3.63) is 39.9 Å². The molecular weight excluding hydrogens is 380 g/mol. The second-order valence-corrected chi connectivity index (χ2v) is 9.01. The molecule has 166 valence electrons. The number of amidine groups is 1. The fourth-order valence-corrected chi connectivity index (χ4v) is 3.36. The highest BCUT2D eigenvalue weighted by molar-refractivity contribution is 6.31. The molecule has 0 atom stereocenters. The van der Waals surface area contributed by atoms with Gasteiger partial charge in [-0.1, -0.05) is 58.4 Å². The molecule has 0 aliphatic heterocycles. The standard InChI is InChI=1S/C23H37ClN2.C2H6O/c1-9-12-26(15-17(4)5)20(8)25-23(19(7)13-16(2)3)21-11-10-18(6)22(24)14-21;1-3-2/h10-11,14,16-17H,9,12-13,15H2,1-8H3;1-2H3/b23-19+,25-20?;. The van der Waals surface area contributed by atoms with Crippen molar-refractivity contribution in [3.63, 3.8) is 0 Å². The quantitative estimate of drug-likeness (QED) is 0.320. The van der Waals surface area contributed by atoms with Gasteiger partial charge in [-0.15, -0.1) is 0 Å². The van der Waals surface area contributed by atoms with Crippen molar-refractivity contribution >= 4 is 23.1 Å². The van der Waals surface area contributed by atoms with E-state index >= 15 is 0 Å². The normalized spacial score (nSPS) is 12.7. The number of methoxy groups -OCH3 is 1. The highest BCUT2D eigenvalue weighted by atomic mass is 35.5. The van der Waals surface area contributed by atoms with Gasteiger partial charge in [-0.3, -0.25) is 0 Å². The Bertz CT molecular complexity index is 663. The molecule has 0 saturated heterocycles. The van der Waals surface area contributed by atoms with E-state index in [0.29, 0.717) is 11.8 Å². The van der Waals surface area contributed by atoms with Gasteiger partial charge >= 0.3 is 0 Å². The minimum Gasteiger partial charge on any atom is -0.388 e. The number of hydrogen-bond donors (Lipinski definition) is 0. The van der Waals surface area contributed by atoms with E-state index in [1.54, 1.807) is 14.2 Å². The Morgan fingerprint density at radius 2 is 1.69 bits per heavy atom. The minimum atomic E-state index is 0.601. The van der Waals surface area contributed by atoms with Crippen molar-refractivity contribution < 1.29 is 4.74 Å². The first-order chi connectivity index (χ1) is 13.6. The average molecular weight is 423 g/mol. The van der Waals surface area contributed by atoms with E-state index in [1.165, 1.54) is 5.57 Å². The van der Waals surface area contributed by atoms with E-state index in [2.05, 4.69) is 76.3 Å². The predicted octanol–water partition coefficient (Wildman–Crippen LogP) is 7.47. The Hall–Kier alpha value is -1.32. The Kier molecular flexibility index (Phi) is 14.0. The lowest BCUT2D eigenvalue weighted by Gasteiger charge is -2.26. The van der Waals surface area contributed by atoms with Crippen molar-refractivity contribution in [1.29, 1.82) is 0 Å². The summed E-state index contributed by atoms with van der Waals surface area (Å²) >= 11 is 6.40. The van der Waals surface area contributed by atoms with Crippen LogP contribution in [0.15, 0.2) is 28.8 Å². The lowest BCUT2D eigenvalue weighted by Crippen LogP contribution is -2.33. The van der Waals surface area contributed by atoms with Crippen LogP contribution in [-0.4, -0.2) is 38.0 Å². The molecule has 29 heavy (non-hydrogen) atoms. The summed E-state index contributed by atoms with van der Waals surface area (Å²) in [5.41, 5.74) is 4.60. The van der Waals surface area contributed by atoms with Crippen LogP contribution < -0.4 is 0 Å². The zero-order chi connectivity index (χ0) is 22.6.